The third-order valence-corrected chi connectivity index (χ3v) is 3.66. The number of nitrogens with one attached hydrogen (secondary N) is 1. The second kappa shape index (κ2) is 7.41. The van der Waals surface area contributed by atoms with Gasteiger partial charge in [-0.1, -0.05) is 12.1 Å². The number of amides is 1. The molecular weight excluding hydrogens is 357 g/mol. The SMILES string of the molecule is Nc1ccc(Oc2cccc(NC(=O)c3cccc(C(F)(F)F)c3)c2)cc1. The number of carbonyl (C=O) groups excluding carboxylic acids is 1. The largest absolute Gasteiger partial charge is 0.457 e. The van der Waals surface area contributed by atoms with Crippen molar-refractivity contribution in [2.24, 2.45) is 0 Å². The lowest BCUT2D eigenvalue weighted by atomic mass is 10.1. The van der Waals surface area contributed by atoms with Crippen LogP contribution in [0.2, 0.25) is 0 Å². The fourth-order valence-electron chi connectivity index (χ4n) is 2.35. The highest BCUT2D eigenvalue weighted by atomic mass is 19.4. The number of alkyl halides is 3. The van der Waals surface area contributed by atoms with Crippen molar-refractivity contribution in [3.8, 4) is 11.5 Å². The molecule has 0 heterocycles. The van der Waals surface area contributed by atoms with Crippen LogP contribution in [0.25, 0.3) is 0 Å². The average molecular weight is 372 g/mol. The Balaban J connectivity index is 1.74. The van der Waals surface area contributed by atoms with Crippen LogP contribution in [0, 0.1) is 0 Å². The van der Waals surface area contributed by atoms with Gasteiger partial charge in [-0.05, 0) is 54.6 Å². The summed E-state index contributed by atoms with van der Waals surface area (Å²) in [6.45, 7) is 0. The zero-order chi connectivity index (χ0) is 19.4. The second-order valence-corrected chi connectivity index (χ2v) is 5.73. The number of anilines is 2. The maximum absolute atomic E-state index is 12.8. The monoisotopic (exact) mass is 372 g/mol. The smallest absolute Gasteiger partial charge is 0.416 e. The summed E-state index contributed by atoms with van der Waals surface area (Å²) in [6.07, 6.45) is -4.51. The van der Waals surface area contributed by atoms with E-state index in [0.717, 1.165) is 12.1 Å². The Labute approximate surface area is 153 Å². The average Bonchev–Trinajstić information content (AvgIpc) is 2.63. The van der Waals surface area contributed by atoms with Crippen LogP contribution in [0.1, 0.15) is 15.9 Å². The molecule has 1 amide bonds. The summed E-state index contributed by atoms with van der Waals surface area (Å²) in [7, 11) is 0. The summed E-state index contributed by atoms with van der Waals surface area (Å²) in [5, 5.41) is 2.57. The highest BCUT2D eigenvalue weighted by molar-refractivity contribution is 6.04. The first-order valence-corrected chi connectivity index (χ1v) is 7.93. The summed E-state index contributed by atoms with van der Waals surface area (Å²) in [4.78, 5) is 12.3. The van der Waals surface area contributed by atoms with Gasteiger partial charge in [-0.25, -0.2) is 0 Å². The zero-order valence-electron chi connectivity index (χ0n) is 14.0. The molecule has 138 valence electrons. The highest BCUT2D eigenvalue weighted by Crippen LogP contribution is 2.30. The van der Waals surface area contributed by atoms with Gasteiger partial charge in [-0.3, -0.25) is 4.79 Å². The lowest BCUT2D eigenvalue weighted by Crippen LogP contribution is -2.13. The van der Waals surface area contributed by atoms with Crippen molar-refractivity contribution in [1.29, 1.82) is 0 Å². The number of ether oxygens (including phenoxy) is 1. The molecule has 0 aromatic heterocycles. The molecule has 0 bridgehead atoms. The van der Waals surface area contributed by atoms with Crippen molar-refractivity contribution >= 4 is 17.3 Å². The van der Waals surface area contributed by atoms with E-state index in [-0.39, 0.29) is 5.56 Å². The van der Waals surface area contributed by atoms with Gasteiger partial charge in [0.1, 0.15) is 11.5 Å². The van der Waals surface area contributed by atoms with Gasteiger partial charge >= 0.3 is 6.18 Å². The van der Waals surface area contributed by atoms with Crippen LogP contribution in [0.4, 0.5) is 24.5 Å². The van der Waals surface area contributed by atoms with Crippen molar-refractivity contribution in [1.82, 2.24) is 0 Å². The van der Waals surface area contributed by atoms with Crippen LogP contribution in [-0.4, -0.2) is 5.91 Å². The van der Waals surface area contributed by atoms with Gasteiger partial charge in [0.05, 0.1) is 5.56 Å². The van der Waals surface area contributed by atoms with Crippen LogP contribution in [-0.2, 0) is 6.18 Å². The molecule has 3 N–H and O–H groups in total. The van der Waals surface area contributed by atoms with Gasteiger partial charge in [0.15, 0.2) is 0 Å². The third-order valence-electron chi connectivity index (χ3n) is 3.66. The summed E-state index contributed by atoms with van der Waals surface area (Å²) < 4.78 is 44.0. The molecule has 0 aliphatic heterocycles. The van der Waals surface area contributed by atoms with E-state index in [1.807, 2.05) is 0 Å². The Morgan fingerprint density at radius 3 is 2.30 bits per heavy atom. The third kappa shape index (κ3) is 4.78. The molecule has 0 unspecified atom stereocenters. The summed E-state index contributed by atoms with van der Waals surface area (Å²) in [5.41, 5.74) is 5.65. The van der Waals surface area contributed by atoms with Gasteiger partial charge < -0.3 is 15.8 Å². The fraction of sp³-hybridized carbons (Fsp3) is 0.0500. The molecule has 0 atom stereocenters. The molecule has 4 nitrogen and oxygen atoms in total. The van der Waals surface area contributed by atoms with E-state index >= 15 is 0 Å². The molecule has 0 fully saturated rings. The maximum Gasteiger partial charge on any atom is 0.416 e. The molecule has 0 aliphatic rings. The molecular formula is C20H15F3N2O2. The number of nitrogen functional groups attached to an aromatic ring is 1. The Bertz CT molecular complexity index is 954. The van der Waals surface area contributed by atoms with Gasteiger partial charge in [0, 0.05) is 23.0 Å². The van der Waals surface area contributed by atoms with E-state index < -0.39 is 17.6 Å². The Kier molecular flexibility index (Phi) is 5.03. The number of halogens is 3. The van der Waals surface area contributed by atoms with Crippen LogP contribution >= 0.6 is 0 Å². The zero-order valence-corrected chi connectivity index (χ0v) is 14.0. The first-order chi connectivity index (χ1) is 12.8. The number of carbonyl (C=O) groups is 1. The van der Waals surface area contributed by atoms with Crippen molar-refractivity contribution in [3.63, 3.8) is 0 Å². The summed E-state index contributed by atoms with van der Waals surface area (Å²) in [6, 6.07) is 17.5. The van der Waals surface area contributed by atoms with Crippen molar-refractivity contribution in [3.05, 3.63) is 83.9 Å². The second-order valence-electron chi connectivity index (χ2n) is 5.73. The van der Waals surface area contributed by atoms with Crippen LogP contribution in [0.15, 0.2) is 72.8 Å². The minimum Gasteiger partial charge on any atom is -0.457 e. The first kappa shape index (κ1) is 18.3. The Morgan fingerprint density at radius 2 is 1.59 bits per heavy atom. The number of hydrogen-bond acceptors (Lipinski definition) is 3. The Hall–Kier alpha value is -3.48. The molecule has 0 aliphatic carbocycles. The number of nitrogens with two attached hydrogens (primary N) is 1. The quantitative estimate of drug-likeness (QED) is 0.608. The normalized spacial score (nSPS) is 11.1. The van der Waals surface area contributed by atoms with Gasteiger partial charge in [0.2, 0.25) is 0 Å². The number of benzene rings is 3. The molecule has 0 saturated heterocycles. The molecule has 0 saturated carbocycles. The van der Waals surface area contributed by atoms with E-state index in [4.69, 9.17) is 10.5 Å². The molecule has 27 heavy (non-hydrogen) atoms. The number of hydrogen-bond donors (Lipinski definition) is 2. The van der Waals surface area contributed by atoms with Crippen molar-refractivity contribution in [2.45, 2.75) is 6.18 Å². The predicted molar refractivity (Wildman–Crippen MR) is 96.8 cm³/mol. The molecule has 3 rings (SSSR count). The molecule has 3 aromatic carbocycles. The maximum atomic E-state index is 12.8. The lowest BCUT2D eigenvalue weighted by Gasteiger charge is -2.11. The van der Waals surface area contributed by atoms with Crippen molar-refractivity contribution < 1.29 is 22.7 Å². The lowest BCUT2D eigenvalue weighted by molar-refractivity contribution is -0.137. The van der Waals surface area contributed by atoms with Gasteiger partial charge in [-0.15, -0.1) is 0 Å². The standard InChI is InChI=1S/C20H15F3N2O2/c21-20(22,23)14-4-1-3-13(11-14)19(26)25-16-5-2-6-18(12-16)27-17-9-7-15(24)8-10-17/h1-12H,24H2,(H,25,26). The highest BCUT2D eigenvalue weighted by Gasteiger charge is 2.30. The molecule has 0 spiro atoms. The predicted octanol–water partition coefficient (Wildman–Crippen LogP) is 5.33. The van der Waals surface area contributed by atoms with Crippen LogP contribution in [0.3, 0.4) is 0 Å². The minimum absolute atomic E-state index is 0.0883. The van der Waals surface area contributed by atoms with Crippen LogP contribution in [0.5, 0.6) is 11.5 Å². The Morgan fingerprint density at radius 1 is 0.889 bits per heavy atom. The van der Waals surface area contributed by atoms with E-state index in [9.17, 15) is 18.0 Å². The van der Waals surface area contributed by atoms with Crippen molar-refractivity contribution in [2.75, 3.05) is 11.1 Å². The van der Waals surface area contributed by atoms with E-state index in [0.29, 0.717) is 22.9 Å². The van der Waals surface area contributed by atoms with E-state index in [1.165, 1.54) is 12.1 Å². The van der Waals surface area contributed by atoms with Gasteiger partial charge in [0.25, 0.3) is 5.91 Å². The van der Waals surface area contributed by atoms with Crippen LogP contribution < -0.4 is 15.8 Å². The summed E-state index contributed by atoms with van der Waals surface area (Å²) in [5.74, 6) is 0.373. The summed E-state index contributed by atoms with van der Waals surface area (Å²) >= 11 is 0. The minimum atomic E-state index is -4.51. The molecule has 7 heteroatoms. The van der Waals surface area contributed by atoms with E-state index in [1.54, 1.807) is 48.5 Å². The van der Waals surface area contributed by atoms with Gasteiger partial charge in [-0.2, -0.15) is 13.2 Å². The fourth-order valence-corrected chi connectivity index (χ4v) is 2.35. The number of rotatable bonds is 4. The first-order valence-electron chi connectivity index (χ1n) is 7.93. The molecule has 3 aromatic rings. The van der Waals surface area contributed by atoms with E-state index in [2.05, 4.69) is 5.32 Å². The topological polar surface area (TPSA) is 64.3 Å². The molecule has 0 radical (unpaired) electrons.